The summed E-state index contributed by atoms with van der Waals surface area (Å²) < 4.78 is 7.26. The Morgan fingerprint density at radius 1 is 1.06 bits per heavy atom. The quantitative estimate of drug-likeness (QED) is 0.591. The number of aryl methyl sites for hydroxylation is 1. The summed E-state index contributed by atoms with van der Waals surface area (Å²) in [5.41, 5.74) is 5.43. The number of aromatic nitrogens is 2. The van der Waals surface area contributed by atoms with Crippen molar-refractivity contribution in [1.82, 2.24) is 14.7 Å². The van der Waals surface area contributed by atoms with Crippen LogP contribution in [0.15, 0.2) is 48.7 Å². The average Bonchev–Trinajstić information content (AvgIpc) is 3.31. The van der Waals surface area contributed by atoms with Crippen molar-refractivity contribution >= 4 is 17.3 Å². The van der Waals surface area contributed by atoms with Crippen LogP contribution in [-0.4, -0.2) is 66.0 Å². The van der Waals surface area contributed by atoms with Crippen LogP contribution in [0.1, 0.15) is 40.0 Å². The lowest BCUT2D eigenvalue weighted by atomic mass is 10.1. The second-order valence-corrected chi connectivity index (χ2v) is 9.56. The van der Waals surface area contributed by atoms with E-state index in [-0.39, 0.29) is 5.91 Å². The first-order valence-corrected chi connectivity index (χ1v) is 12.6. The van der Waals surface area contributed by atoms with E-state index in [2.05, 4.69) is 26.3 Å². The third-order valence-corrected chi connectivity index (χ3v) is 7.27. The maximum atomic E-state index is 13.0. The molecule has 36 heavy (non-hydrogen) atoms. The van der Waals surface area contributed by atoms with Crippen molar-refractivity contribution in [3.63, 3.8) is 0 Å². The normalized spacial score (nSPS) is 17.1. The molecule has 1 N–H and O–H groups in total. The lowest BCUT2D eigenvalue weighted by Gasteiger charge is -2.41. The van der Waals surface area contributed by atoms with Gasteiger partial charge in [0, 0.05) is 51.1 Å². The van der Waals surface area contributed by atoms with Crippen LogP contribution in [0, 0.1) is 25.2 Å². The van der Waals surface area contributed by atoms with E-state index in [1.165, 1.54) is 5.56 Å². The van der Waals surface area contributed by atoms with Crippen LogP contribution in [0.4, 0.5) is 11.4 Å². The maximum Gasteiger partial charge on any atom is 0.259 e. The number of benzene rings is 2. The second-order valence-electron chi connectivity index (χ2n) is 9.56. The van der Waals surface area contributed by atoms with Gasteiger partial charge in [0.25, 0.3) is 5.91 Å². The van der Waals surface area contributed by atoms with Crippen LogP contribution in [-0.2, 0) is 4.74 Å². The van der Waals surface area contributed by atoms with Gasteiger partial charge in [0.1, 0.15) is 6.07 Å². The number of nitrogens with one attached hydrogen (secondary N) is 1. The molecule has 2 aromatic carbocycles. The van der Waals surface area contributed by atoms with E-state index in [4.69, 9.17) is 4.74 Å². The number of hydrogen-bond donors (Lipinski definition) is 1. The first kappa shape index (κ1) is 24.0. The van der Waals surface area contributed by atoms with Gasteiger partial charge in [-0.1, -0.05) is 17.7 Å². The minimum Gasteiger partial charge on any atom is -0.381 e. The van der Waals surface area contributed by atoms with E-state index < -0.39 is 0 Å². The highest BCUT2D eigenvalue weighted by Gasteiger charge is 2.26. The lowest BCUT2D eigenvalue weighted by molar-refractivity contribution is 0.0321. The summed E-state index contributed by atoms with van der Waals surface area (Å²) in [6.07, 6.45) is 3.78. The Labute approximate surface area is 212 Å². The first-order valence-electron chi connectivity index (χ1n) is 12.6. The van der Waals surface area contributed by atoms with Crippen LogP contribution in [0.3, 0.4) is 0 Å². The minimum atomic E-state index is -0.243. The van der Waals surface area contributed by atoms with E-state index in [0.717, 1.165) is 69.3 Å². The van der Waals surface area contributed by atoms with E-state index in [1.807, 2.05) is 50.2 Å². The molecule has 8 heteroatoms. The molecule has 2 aliphatic heterocycles. The van der Waals surface area contributed by atoms with Gasteiger partial charge in [-0.25, -0.2) is 4.68 Å². The van der Waals surface area contributed by atoms with Crippen molar-refractivity contribution in [1.29, 1.82) is 5.26 Å². The van der Waals surface area contributed by atoms with Crippen molar-refractivity contribution in [3.05, 3.63) is 71.0 Å². The Bertz CT molecular complexity index is 1260. The van der Waals surface area contributed by atoms with E-state index >= 15 is 0 Å². The van der Waals surface area contributed by atoms with Gasteiger partial charge in [-0.05, 0) is 57.0 Å². The van der Waals surface area contributed by atoms with Gasteiger partial charge in [0.2, 0.25) is 0 Å². The number of carbonyl (C=O) groups excluding carboxylic acids is 1. The van der Waals surface area contributed by atoms with Crippen molar-refractivity contribution in [3.8, 4) is 11.8 Å². The van der Waals surface area contributed by atoms with Gasteiger partial charge in [-0.15, -0.1) is 0 Å². The van der Waals surface area contributed by atoms with E-state index in [1.54, 1.807) is 16.9 Å². The van der Waals surface area contributed by atoms with Crippen LogP contribution < -0.4 is 10.2 Å². The number of anilines is 2. The van der Waals surface area contributed by atoms with Gasteiger partial charge in [-0.3, -0.25) is 9.69 Å². The molecule has 3 heterocycles. The van der Waals surface area contributed by atoms with Crippen LogP contribution >= 0.6 is 0 Å². The predicted octanol–water partition coefficient (Wildman–Crippen LogP) is 3.91. The third-order valence-electron chi connectivity index (χ3n) is 7.27. The van der Waals surface area contributed by atoms with Gasteiger partial charge in [0.05, 0.1) is 34.4 Å². The van der Waals surface area contributed by atoms with Crippen LogP contribution in [0.25, 0.3) is 5.69 Å². The molecule has 2 saturated heterocycles. The highest BCUT2D eigenvalue weighted by atomic mass is 16.5. The van der Waals surface area contributed by atoms with Gasteiger partial charge in [0.15, 0.2) is 0 Å². The molecule has 0 unspecified atom stereocenters. The van der Waals surface area contributed by atoms with Crippen molar-refractivity contribution in [2.45, 2.75) is 32.7 Å². The fraction of sp³-hybridized carbons (Fsp3) is 0.393. The Hall–Kier alpha value is -3.67. The zero-order valence-corrected chi connectivity index (χ0v) is 20.9. The zero-order chi connectivity index (χ0) is 25.1. The molecule has 8 nitrogen and oxygen atoms in total. The molecule has 0 aliphatic carbocycles. The van der Waals surface area contributed by atoms with Gasteiger partial charge < -0.3 is 15.0 Å². The molecule has 1 amide bonds. The zero-order valence-electron chi connectivity index (χ0n) is 20.9. The molecule has 0 radical (unpaired) electrons. The SMILES string of the molecule is Cc1ccc(-n2ncc(C(=O)Nc3ccc(N4CCN(C5CCOCC5)CC4)c(C#N)c3)c2C)cc1. The fourth-order valence-electron chi connectivity index (χ4n) is 5.13. The molecule has 2 aliphatic rings. The van der Waals surface area contributed by atoms with E-state index in [0.29, 0.717) is 22.9 Å². The molecule has 2 fully saturated rings. The summed E-state index contributed by atoms with van der Waals surface area (Å²) >= 11 is 0. The summed E-state index contributed by atoms with van der Waals surface area (Å²) in [5.74, 6) is -0.243. The van der Waals surface area contributed by atoms with Crippen molar-refractivity contribution in [2.24, 2.45) is 0 Å². The minimum absolute atomic E-state index is 0.243. The Kier molecular flexibility index (Phi) is 7.03. The highest BCUT2D eigenvalue weighted by molar-refractivity contribution is 6.05. The fourth-order valence-corrected chi connectivity index (χ4v) is 5.13. The maximum absolute atomic E-state index is 13.0. The average molecular weight is 485 g/mol. The smallest absolute Gasteiger partial charge is 0.259 e. The molecule has 5 rings (SSSR count). The van der Waals surface area contributed by atoms with Crippen molar-refractivity contribution in [2.75, 3.05) is 49.6 Å². The summed E-state index contributed by atoms with van der Waals surface area (Å²) in [5, 5.41) is 17.2. The predicted molar refractivity (Wildman–Crippen MR) is 140 cm³/mol. The Balaban J connectivity index is 1.26. The monoisotopic (exact) mass is 484 g/mol. The largest absolute Gasteiger partial charge is 0.381 e. The van der Waals surface area contributed by atoms with Gasteiger partial charge >= 0.3 is 0 Å². The van der Waals surface area contributed by atoms with Gasteiger partial charge in [-0.2, -0.15) is 10.4 Å². The van der Waals surface area contributed by atoms with Crippen LogP contribution in [0.5, 0.6) is 0 Å². The number of amides is 1. The van der Waals surface area contributed by atoms with Crippen molar-refractivity contribution < 1.29 is 9.53 Å². The summed E-state index contributed by atoms with van der Waals surface area (Å²) in [4.78, 5) is 17.9. The molecule has 3 aromatic rings. The number of nitriles is 1. The van der Waals surface area contributed by atoms with E-state index in [9.17, 15) is 10.1 Å². The number of piperazine rings is 1. The number of nitrogens with zero attached hydrogens (tertiary/aromatic N) is 5. The van der Waals surface area contributed by atoms with Crippen LogP contribution in [0.2, 0.25) is 0 Å². The number of rotatable bonds is 5. The summed E-state index contributed by atoms with van der Waals surface area (Å²) in [6, 6.07) is 16.5. The summed E-state index contributed by atoms with van der Waals surface area (Å²) in [6.45, 7) is 9.35. The topological polar surface area (TPSA) is 86.4 Å². The molecular formula is C28H32N6O2. The first-order chi connectivity index (χ1) is 17.5. The number of carbonyl (C=O) groups is 1. The number of ether oxygens (including phenoxy) is 1. The molecule has 0 saturated carbocycles. The molecule has 186 valence electrons. The third kappa shape index (κ3) is 4.99. The Morgan fingerprint density at radius 2 is 1.78 bits per heavy atom. The molecular weight excluding hydrogens is 452 g/mol. The molecule has 0 spiro atoms. The number of hydrogen-bond acceptors (Lipinski definition) is 6. The summed E-state index contributed by atoms with van der Waals surface area (Å²) in [7, 11) is 0. The molecule has 0 bridgehead atoms. The molecule has 1 aromatic heterocycles. The lowest BCUT2D eigenvalue weighted by Crippen LogP contribution is -2.51. The standard InChI is InChI=1S/C28H32N6O2/c1-20-3-6-25(7-4-20)34-21(2)26(19-30-34)28(35)31-23-5-8-27(22(17-23)18-29)33-13-11-32(12-14-33)24-9-15-36-16-10-24/h3-8,17,19,24H,9-16H2,1-2H3,(H,31,35). The Morgan fingerprint density at radius 3 is 2.47 bits per heavy atom. The molecule has 0 atom stereocenters. The highest BCUT2D eigenvalue weighted by Crippen LogP contribution is 2.27. The second kappa shape index (κ2) is 10.5.